The van der Waals surface area contributed by atoms with Crippen LogP contribution in [0.25, 0.3) is 6.08 Å². The summed E-state index contributed by atoms with van der Waals surface area (Å²) in [6.07, 6.45) is 6.66. The van der Waals surface area contributed by atoms with E-state index in [1.54, 1.807) is 6.08 Å². The Balaban J connectivity index is 2.02. The second-order valence-electron chi connectivity index (χ2n) is 6.33. The number of ether oxygens (including phenoxy) is 2. The molecule has 2 rings (SSSR count). The average molecular weight is 331 g/mol. The first-order chi connectivity index (χ1) is 11.6. The highest BCUT2D eigenvalue weighted by molar-refractivity contribution is 5.91. The van der Waals surface area contributed by atoms with Crippen LogP contribution in [0.5, 0.6) is 11.5 Å². The minimum atomic E-state index is 0.0890. The second-order valence-corrected chi connectivity index (χ2v) is 6.33. The number of likely N-dealkylation sites (tertiary alicyclic amines) is 1. The molecule has 1 heterocycles. The number of rotatable bonds is 7. The molecule has 1 amide bonds. The van der Waals surface area contributed by atoms with Crippen molar-refractivity contribution in [1.82, 2.24) is 4.90 Å². The van der Waals surface area contributed by atoms with Crippen molar-refractivity contribution in [2.75, 3.05) is 26.3 Å². The van der Waals surface area contributed by atoms with Crippen LogP contribution in [0.4, 0.5) is 0 Å². The van der Waals surface area contributed by atoms with Crippen molar-refractivity contribution >= 4 is 12.0 Å². The number of carbonyl (C=O) groups excluding carboxylic acids is 1. The third-order valence-corrected chi connectivity index (χ3v) is 4.24. The Morgan fingerprint density at radius 1 is 1.21 bits per heavy atom. The van der Waals surface area contributed by atoms with E-state index in [2.05, 4.69) is 13.8 Å². The molecular formula is C20H29NO3. The van der Waals surface area contributed by atoms with Crippen molar-refractivity contribution in [3.05, 3.63) is 29.8 Å². The van der Waals surface area contributed by atoms with E-state index in [4.69, 9.17) is 9.47 Å². The van der Waals surface area contributed by atoms with Gasteiger partial charge in [0.25, 0.3) is 0 Å². The maximum Gasteiger partial charge on any atom is 0.246 e. The molecule has 132 valence electrons. The van der Waals surface area contributed by atoms with E-state index in [0.29, 0.717) is 13.2 Å². The Morgan fingerprint density at radius 3 is 2.62 bits per heavy atom. The number of hydrogen-bond acceptors (Lipinski definition) is 3. The summed E-state index contributed by atoms with van der Waals surface area (Å²) in [5.41, 5.74) is 0.945. The molecule has 1 aromatic rings. The quantitative estimate of drug-likeness (QED) is 0.705. The van der Waals surface area contributed by atoms with Crippen LogP contribution in [0.2, 0.25) is 0 Å². The molecule has 1 saturated heterocycles. The summed E-state index contributed by atoms with van der Waals surface area (Å²) in [5.74, 6) is 2.30. The van der Waals surface area contributed by atoms with Gasteiger partial charge in [0.1, 0.15) is 0 Å². The first-order valence-corrected chi connectivity index (χ1v) is 9.00. The third kappa shape index (κ3) is 5.29. The first-order valence-electron chi connectivity index (χ1n) is 9.00. The van der Waals surface area contributed by atoms with Crippen LogP contribution in [-0.4, -0.2) is 37.1 Å². The fourth-order valence-electron chi connectivity index (χ4n) is 2.73. The van der Waals surface area contributed by atoms with E-state index < -0.39 is 0 Å². The zero-order valence-corrected chi connectivity index (χ0v) is 15.1. The van der Waals surface area contributed by atoms with E-state index in [1.165, 1.54) is 0 Å². The maximum atomic E-state index is 12.3. The van der Waals surface area contributed by atoms with Crippen molar-refractivity contribution in [2.45, 2.75) is 40.0 Å². The minimum absolute atomic E-state index is 0.0890. The van der Waals surface area contributed by atoms with Gasteiger partial charge in [-0.3, -0.25) is 4.79 Å². The molecule has 4 heteroatoms. The molecule has 24 heavy (non-hydrogen) atoms. The number of hydrogen-bond donors (Lipinski definition) is 0. The standard InChI is InChI=1S/C20H29NO3/c1-4-14-24-18-8-6-17(15-19(18)23-5-2)7-9-20(22)21-12-10-16(3)11-13-21/h6-9,15-16H,4-5,10-14H2,1-3H3/b9-7+. The highest BCUT2D eigenvalue weighted by Gasteiger charge is 2.18. The Hall–Kier alpha value is -1.97. The molecule has 4 nitrogen and oxygen atoms in total. The Bertz CT molecular complexity index is 560. The number of piperidine rings is 1. The zero-order valence-electron chi connectivity index (χ0n) is 15.1. The molecule has 1 fully saturated rings. The molecule has 1 aliphatic heterocycles. The van der Waals surface area contributed by atoms with Gasteiger partial charge in [0.2, 0.25) is 5.91 Å². The minimum Gasteiger partial charge on any atom is -0.490 e. The fourth-order valence-corrected chi connectivity index (χ4v) is 2.73. The van der Waals surface area contributed by atoms with Crippen molar-refractivity contribution in [1.29, 1.82) is 0 Å². The molecule has 0 bridgehead atoms. The van der Waals surface area contributed by atoms with E-state index in [9.17, 15) is 4.79 Å². The SMILES string of the molecule is CCCOc1ccc(/C=C/C(=O)N2CCC(C)CC2)cc1OCC. The van der Waals surface area contributed by atoms with E-state index in [-0.39, 0.29) is 5.91 Å². The highest BCUT2D eigenvalue weighted by Crippen LogP contribution is 2.29. The maximum absolute atomic E-state index is 12.3. The predicted octanol–water partition coefficient (Wildman–Crippen LogP) is 4.15. The summed E-state index contributed by atoms with van der Waals surface area (Å²) in [4.78, 5) is 14.2. The predicted molar refractivity (Wildman–Crippen MR) is 97.4 cm³/mol. The van der Waals surface area contributed by atoms with Gasteiger partial charge in [-0.05, 0) is 55.9 Å². The van der Waals surface area contributed by atoms with Gasteiger partial charge in [-0.2, -0.15) is 0 Å². The number of benzene rings is 1. The average Bonchev–Trinajstić information content (AvgIpc) is 2.59. The van der Waals surface area contributed by atoms with Crippen LogP contribution < -0.4 is 9.47 Å². The summed E-state index contributed by atoms with van der Waals surface area (Å²) in [7, 11) is 0. The van der Waals surface area contributed by atoms with Gasteiger partial charge in [0.15, 0.2) is 11.5 Å². The van der Waals surface area contributed by atoms with Gasteiger partial charge in [-0.15, -0.1) is 0 Å². The molecule has 0 N–H and O–H groups in total. The lowest BCUT2D eigenvalue weighted by atomic mass is 9.99. The van der Waals surface area contributed by atoms with E-state index in [0.717, 1.165) is 55.3 Å². The summed E-state index contributed by atoms with van der Waals surface area (Å²) in [6.45, 7) is 9.24. The van der Waals surface area contributed by atoms with E-state index in [1.807, 2.05) is 36.1 Å². The summed E-state index contributed by atoms with van der Waals surface area (Å²) in [5, 5.41) is 0. The number of nitrogens with zero attached hydrogens (tertiary/aromatic N) is 1. The third-order valence-electron chi connectivity index (χ3n) is 4.24. The van der Waals surface area contributed by atoms with E-state index >= 15 is 0 Å². The Morgan fingerprint density at radius 2 is 1.96 bits per heavy atom. The van der Waals surface area contributed by atoms with Crippen LogP contribution in [0.15, 0.2) is 24.3 Å². The molecule has 0 atom stereocenters. The van der Waals surface area contributed by atoms with Gasteiger partial charge in [-0.25, -0.2) is 0 Å². The zero-order chi connectivity index (χ0) is 17.4. The smallest absolute Gasteiger partial charge is 0.246 e. The molecule has 0 unspecified atom stereocenters. The first kappa shape index (κ1) is 18.4. The molecule has 0 saturated carbocycles. The largest absolute Gasteiger partial charge is 0.490 e. The van der Waals surface area contributed by atoms with Gasteiger partial charge < -0.3 is 14.4 Å². The highest BCUT2D eigenvalue weighted by atomic mass is 16.5. The summed E-state index contributed by atoms with van der Waals surface area (Å²) in [6, 6.07) is 5.79. The van der Waals surface area contributed by atoms with Crippen molar-refractivity contribution in [3.8, 4) is 11.5 Å². The lowest BCUT2D eigenvalue weighted by Gasteiger charge is -2.29. The van der Waals surface area contributed by atoms with Crippen LogP contribution >= 0.6 is 0 Å². The van der Waals surface area contributed by atoms with Gasteiger partial charge >= 0.3 is 0 Å². The van der Waals surface area contributed by atoms with Crippen LogP contribution in [0.1, 0.15) is 45.6 Å². The number of carbonyl (C=O) groups is 1. The monoisotopic (exact) mass is 331 g/mol. The second kappa shape index (κ2) is 9.36. The molecule has 1 aliphatic rings. The summed E-state index contributed by atoms with van der Waals surface area (Å²) < 4.78 is 11.4. The molecular weight excluding hydrogens is 302 g/mol. The number of amides is 1. The molecule has 0 aromatic heterocycles. The lowest BCUT2D eigenvalue weighted by molar-refractivity contribution is -0.127. The van der Waals surface area contributed by atoms with Crippen molar-refractivity contribution < 1.29 is 14.3 Å². The van der Waals surface area contributed by atoms with Crippen molar-refractivity contribution in [2.24, 2.45) is 5.92 Å². The molecule has 0 aliphatic carbocycles. The van der Waals surface area contributed by atoms with Gasteiger partial charge in [0, 0.05) is 19.2 Å². The Kier molecular flexibility index (Phi) is 7.16. The summed E-state index contributed by atoms with van der Waals surface area (Å²) >= 11 is 0. The molecule has 1 aromatic carbocycles. The molecule has 0 spiro atoms. The normalized spacial score (nSPS) is 15.7. The Labute approximate surface area is 145 Å². The fraction of sp³-hybridized carbons (Fsp3) is 0.550. The van der Waals surface area contributed by atoms with Crippen LogP contribution in [0, 0.1) is 5.92 Å². The molecule has 0 radical (unpaired) electrons. The van der Waals surface area contributed by atoms with Crippen molar-refractivity contribution in [3.63, 3.8) is 0 Å². The van der Waals surface area contributed by atoms with Crippen LogP contribution in [-0.2, 0) is 4.79 Å². The van der Waals surface area contributed by atoms with Gasteiger partial charge in [-0.1, -0.05) is 19.9 Å². The lowest BCUT2D eigenvalue weighted by Crippen LogP contribution is -2.36. The topological polar surface area (TPSA) is 38.8 Å². The van der Waals surface area contributed by atoms with Gasteiger partial charge in [0.05, 0.1) is 13.2 Å². The van der Waals surface area contributed by atoms with Crippen LogP contribution in [0.3, 0.4) is 0 Å².